The van der Waals surface area contributed by atoms with Crippen molar-refractivity contribution in [3.05, 3.63) is 75.9 Å². The molecule has 2 aromatic carbocycles. The summed E-state index contributed by atoms with van der Waals surface area (Å²) in [7, 11) is 1.69. The maximum absolute atomic E-state index is 5.21. The van der Waals surface area contributed by atoms with Gasteiger partial charge in [-0.15, -0.1) is 6.58 Å². The number of benzene rings is 2. The number of allylic oxidation sites excluding steroid dienone is 1. The predicted molar refractivity (Wildman–Crippen MR) is 88.8 cm³/mol. The zero-order valence-corrected chi connectivity index (χ0v) is 13.1. The van der Waals surface area contributed by atoms with Crippen LogP contribution in [0.3, 0.4) is 0 Å². The van der Waals surface area contributed by atoms with E-state index in [1.165, 1.54) is 14.7 Å². The van der Waals surface area contributed by atoms with Crippen LogP contribution in [0.2, 0.25) is 0 Å². The fourth-order valence-electron chi connectivity index (χ4n) is 2.16. The van der Waals surface area contributed by atoms with Gasteiger partial charge in [-0.25, -0.2) is 0 Å². The average molecular weight is 364 g/mol. The molecule has 0 N–H and O–H groups in total. The standard InChI is InChI=1S/C17H17IO/c1-3-4-17(13-5-9-15(18)10-6-13)14-7-11-16(19-2)12-8-14/h3,5-12,17H,1,4H2,2H3. The Kier molecular flexibility index (Phi) is 5.02. The van der Waals surface area contributed by atoms with E-state index in [-0.39, 0.29) is 0 Å². The quantitative estimate of drug-likeness (QED) is 0.536. The van der Waals surface area contributed by atoms with E-state index >= 15 is 0 Å². The largest absolute Gasteiger partial charge is 0.497 e. The van der Waals surface area contributed by atoms with E-state index in [0.29, 0.717) is 5.92 Å². The highest BCUT2D eigenvalue weighted by Gasteiger charge is 2.12. The van der Waals surface area contributed by atoms with Crippen molar-refractivity contribution in [1.29, 1.82) is 0 Å². The number of halogens is 1. The second-order valence-electron chi connectivity index (χ2n) is 4.40. The van der Waals surface area contributed by atoms with Gasteiger partial charge < -0.3 is 4.74 Å². The summed E-state index contributed by atoms with van der Waals surface area (Å²) >= 11 is 2.33. The maximum Gasteiger partial charge on any atom is 0.118 e. The predicted octanol–water partition coefficient (Wildman–Crippen LogP) is 5.01. The molecule has 0 spiro atoms. The van der Waals surface area contributed by atoms with Gasteiger partial charge in [-0.3, -0.25) is 0 Å². The van der Waals surface area contributed by atoms with Crippen molar-refractivity contribution in [2.24, 2.45) is 0 Å². The van der Waals surface area contributed by atoms with Gasteiger partial charge in [-0.2, -0.15) is 0 Å². The monoisotopic (exact) mass is 364 g/mol. The molecule has 1 nitrogen and oxygen atoms in total. The summed E-state index contributed by atoms with van der Waals surface area (Å²) in [5.41, 5.74) is 2.62. The molecular weight excluding hydrogens is 347 g/mol. The number of rotatable bonds is 5. The van der Waals surface area contributed by atoms with E-state index < -0.39 is 0 Å². The van der Waals surface area contributed by atoms with Gasteiger partial charge in [0.2, 0.25) is 0 Å². The lowest BCUT2D eigenvalue weighted by atomic mass is 9.88. The van der Waals surface area contributed by atoms with Crippen LogP contribution in [0.25, 0.3) is 0 Å². The minimum atomic E-state index is 0.361. The summed E-state index contributed by atoms with van der Waals surface area (Å²) in [4.78, 5) is 0. The highest BCUT2D eigenvalue weighted by molar-refractivity contribution is 14.1. The normalized spacial score (nSPS) is 11.9. The molecule has 1 unspecified atom stereocenters. The molecule has 1 atom stereocenters. The fraction of sp³-hybridized carbons (Fsp3) is 0.176. The molecule has 2 heteroatoms. The Bertz CT molecular complexity index is 528. The van der Waals surface area contributed by atoms with E-state index in [0.717, 1.165) is 12.2 Å². The molecule has 0 radical (unpaired) electrons. The first-order valence-electron chi connectivity index (χ1n) is 6.25. The van der Waals surface area contributed by atoms with Crippen LogP contribution in [0.5, 0.6) is 5.75 Å². The summed E-state index contributed by atoms with van der Waals surface area (Å²) in [6, 6.07) is 17.0. The van der Waals surface area contributed by atoms with Crippen LogP contribution in [0.4, 0.5) is 0 Å². The summed E-state index contributed by atoms with van der Waals surface area (Å²) in [5, 5.41) is 0. The Balaban J connectivity index is 2.32. The lowest BCUT2D eigenvalue weighted by molar-refractivity contribution is 0.414. The highest BCUT2D eigenvalue weighted by atomic mass is 127. The minimum Gasteiger partial charge on any atom is -0.497 e. The third kappa shape index (κ3) is 3.60. The van der Waals surface area contributed by atoms with Gasteiger partial charge in [0.1, 0.15) is 5.75 Å². The SMILES string of the molecule is C=CCC(c1ccc(I)cc1)c1ccc(OC)cc1. The summed E-state index contributed by atoms with van der Waals surface area (Å²) in [6.45, 7) is 3.88. The Morgan fingerprint density at radius 2 is 1.58 bits per heavy atom. The molecule has 0 aliphatic heterocycles. The van der Waals surface area contributed by atoms with Crippen LogP contribution < -0.4 is 4.74 Å². The van der Waals surface area contributed by atoms with E-state index in [9.17, 15) is 0 Å². The van der Waals surface area contributed by atoms with Crippen molar-refractivity contribution in [2.75, 3.05) is 7.11 Å². The van der Waals surface area contributed by atoms with Gasteiger partial charge >= 0.3 is 0 Å². The zero-order valence-electron chi connectivity index (χ0n) is 11.0. The second-order valence-corrected chi connectivity index (χ2v) is 5.65. The molecule has 0 bridgehead atoms. The van der Waals surface area contributed by atoms with Gasteiger partial charge in [0, 0.05) is 9.49 Å². The van der Waals surface area contributed by atoms with Crippen LogP contribution in [-0.4, -0.2) is 7.11 Å². The van der Waals surface area contributed by atoms with Crippen molar-refractivity contribution in [3.63, 3.8) is 0 Å². The smallest absolute Gasteiger partial charge is 0.118 e. The van der Waals surface area contributed by atoms with Crippen LogP contribution >= 0.6 is 22.6 Å². The van der Waals surface area contributed by atoms with Crippen molar-refractivity contribution >= 4 is 22.6 Å². The van der Waals surface area contributed by atoms with Crippen molar-refractivity contribution < 1.29 is 4.74 Å². The number of hydrogen-bond donors (Lipinski definition) is 0. The number of hydrogen-bond acceptors (Lipinski definition) is 1. The first kappa shape index (κ1) is 14.1. The Hall–Kier alpha value is -1.29. The summed E-state index contributed by atoms with van der Waals surface area (Å²) < 4.78 is 6.47. The first-order chi connectivity index (χ1) is 9.24. The molecule has 98 valence electrons. The molecule has 0 saturated carbocycles. The van der Waals surface area contributed by atoms with Crippen molar-refractivity contribution in [2.45, 2.75) is 12.3 Å². The van der Waals surface area contributed by atoms with Crippen LogP contribution in [0.1, 0.15) is 23.5 Å². The van der Waals surface area contributed by atoms with Crippen LogP contribution in [0, 0.1) is 3.57 Å². The molecule has 2 aromatic rings. The lowest BCUT2D eigenvalue weighted by Gasteiger charge is -2.16. The molecule has 0 heterocycles. The first-order valence-corrected chi connectivity index (χ1v) is 7.32. The maximum atomic E-state index is 5.21. The minimum absolute atomic E-state index is 0.361. The van der Waals surface area contributed by atoms with Gasteiger partial charge in [0.05, 0.1) is 7.11 Å². The fourth-order valence-corrected chi connectivity index (χ4v) is 2.52. The molecule has 0 aromatic heterocycles. The molecular formula is C17H17IO. The number of methoxy groups -OCH3 is 1. The van der Waals surface area contributed by atoms with Gasteiger partial charge in [-0.1, -0.05) is 30.3 Å². The second kappa shape index (κ2) is 6.75. The molecule has 0 amide bonds. The Morgan fingerprint density at radius 1 is 1.05 bits per heavy atom. The van der Waals surface area contributed by atoms with Crippen LogP contribution in [0.15, 0.2) is 61.2 Å². The summed E-state index contributed by atoms with van der Waals surface area (Å²) in [6.07, 6.45) is 2.92. The van der Waals surface area contributed by atoms with Crippen molar-refractivity contribution in [3.8, 4) is 5.75 Å². The van der Waals surface area contributed by atoms with Gasteiger partial charge in [-0.05, 0) is 64.4 Å². The Labute approximate surface area is 128 Å². The van der Waals surface area contributed by atoms with Gasteiger partial charge in [0.25, 0.3) is 0 Å². The third-order valence-electron chi connectivity index (χ3n) is 3.19. The zero-order chi connectivity index (χ0) is 13.7. The van der Waals surface area contributed by atoms with E-state index in [1.807, 2.05) is 18.2 Å². The molecule has 0 aliphatic carbocycles. The molecule has 0 aliphatic rings. The third-order valence-corrected chi connectivity index (χ3v) is 3.91. The lowest BCUT2D eigenvalue weighted by Crippen LogP contribution is -2.00. The van der Waals surface area contributed by atoms with Crippen molar-refractivity contribution in [1.82, 2.24) is 0 Å². The van der Waals surface area contributed by atoms with E-state index in [2.05, 4.69) is 65.6 Å². The molecule has 0 saturated heterocycles. The Morgan fingerprint density at radius 3 is 2.05 bits per heavy atom. The van der Waals surface area contributed by atoms with Crippen LogP contribution in [-0.2, 0) is 0 Å². The molecule has 19 heavy (non-hydrogen) atoms. The highest BCUT2D eigenvalue weighted by Crippen LogP contribution is 2.29. The molecule has 0 fully saturated rings. The van der Waals surface area contributed by atoms with E-state index in [4.69, 9.17) is 4.74 Å². The average Bonchev–Trinajstić information content (AvgIpc) is 2.46. The van der Waals surface area contributed by atoms with Gasteiger partial charge in [0.15, 0.2) is 0 Å². The van der Waals surface area contributed by atoms with E-state index in [1.54, 1.807) is 7.11 Å². The number of ether oxygens (including phenoxy) is 1. The topological polar surface area (TPSA) is 9.23 Å². The summed E-state index contributed by atoms with van der Waals surface area (Å²) in [5.74, 6) is 1.25. The molecule has 2 rings (SSSR count).